The van der Waals surface area contributed by atoms with Gasteiger partial charge in [-0.3, -0.25) is 9.89 Å². The van der Waals surface area contributed by atoms with Crippen molar-refractivity contribution in [1.29, 1.82) is 0 Å². The minimum atomic E-state index is -0.148. The third-order valence-electron chi connectivity index (χ3n) is 4.36. The Bertz CT molecular complexity index is 834. The van der Waals surface area contributed by atoms with Gasteiger partial charge in [-0.25, -0.2) is 9.67 Å². The number of hydrogen-bond acceptors (Lipinski definition) is 4. The molecule has 0 unspecified atom stereocenters. The van der Waals surface area contributed by atoms with Crippen molar-refractivity contribution in [1.82, 2.24) is 30.3 Å². The fourth-order valence-corrected chi connectivity index (χ4v) is 2.75. The monoisotopic (exact) mass is 322 g/mol. The van der Waals surface area contributed by atoms with Gasteiger partial charge >= 0.3 is 0 Å². The summed E-state index contributed by atoms with van der Waals surface area (Å²) in [5.74, 6) is 1.05. The van der Waals surface area contributed by atoms with Gasteiger partial charge < -0.3 is 5.32 Å². The summed E-state index contributed by atoms with van der Waals surface area (Å²) in [7, 11) is 0. The van der Waals surface area contributed by atoms with Gasteiger partial charge in [0.25, 0.3) is 5.91 Å². The molecule has 1 amide bonds. The molecule has 4 rings (SSSR count). The third-order valence-corrected chi connectivity index (χ3v) is 4.36. The quantitative estimate of drug-likeness (QED) is 0.753. The summed E-state index contributed by atoms with van der Waals surface area (Å²) in [5.41, 5.74) is 2.58. The maximum absolute atomic E-state index is 12.3. The predicted octanol–water partition coefficient (Wildman–Crippen LogP) is 2.19. The number of carbonyl (C=O) groups excluding carboxylic acids is 1. The van der Waals surface area contributed by atoms with Gasteiger partial charge in [0, 0.05) is 30.1 Å². The molecular formula is C17H18N6O. The van der Waals surface area contributed by atoms with Crippen LogP contribution in [0.25, 0.3) is 5.82 Å². The molecule has 0 radical (unpaired) electrons. The summed E-state index contributed by atoms with van der Waals surface area (Å²) in [5, 5.41) is 14.4. The van der Waals surface area contributed by atoms with E-state index in [2.05, 4.69) is 25.6 Å². The van der Waals surface area contributed by atoms with Crippen LogP contribution in [-0.4, -0.2) is 30.9 Å². The number of aromatic amines is 1. The van der Waals surface area contributed by atoms with E-state index >= 15 is 0 Å². The molecule has 1 saturated carbocycles. The first-order chi connectivity index (χ1) is 11.8. The van der Waals surface area contributed by atoms with Crippen LogP contribution in [0.15, 0.2) is 42.9 Å². The van der Waals surface area contributed by atoms with Crippen LogP contribution in [0.4, 0.5) is 0 Å². The minimum absolute atomic E-state index is 0.148. The topological polar surface area (TPSA) is 88.5 Å². The van der Waals surface area contributed by atoms with Crippen molar-refractivity contribution >= 4 is 5.91 Å². The molecule has 0 saturated heterocycles. The number of pyridine rings is 1. The lowest BCUT2D eigenvalue weighted by atomic mass is 9.83. The van der Waals surface area contributed by atoms with E-state index in [9.17, 15) is 4.79 Å². The molecule has 7 nitrogen and oxygen atoms in total. The molecule has 1 fully saturated rings. The van der Waals surface area contributed by atoms with Crippen LogP contribution in [0.5, 0.6) is 0 Å². The fraction of sp³-hybridized carbons (Fsp3) is 0.294. The molecule has 3 aromatic rings. The van der Waals surface area contributed by atoms with Crippen LogP contribution >= 0.6 is 0 Å². The highest BCUT2D eigenvalue weighted by atomic mass is 16.1. The van der Waals surface area contributed by atoms with E-state index in [1.807, 2.05) is 12.1 Å². The molecule has 3 aromatic heterocycles. The number of nitrogens with zero attached hydrogens (tertiary/aromatic N) is 4. The van der Waals surface area contributed by atoms with E-state index < -0.39 is 0 Å². The number of amides is 1. The molecular weight excluding hydrogens is 304 g/mol. The maximum Gasteiger partial charge on any atom is 0.251 e. The minimum Gasteiger partial charge on any atom is -0.346 e. The second-order valence-corrected chi connectivity index (χ2v) is 5.98. The Morgan fingerprint density at radius 3 is 3.00 bits per heavy atom. The Labute approximate surface area is 139 Å². The van der Waals surface area contributed by atoms with E-state index in [1.165, 1.54) is 19.3 Å². The molecule has 1 aliphatic rings. The summed E-state index contributed by atoms with van der Waals surface area (Å²) < 4.78 is 1.62. The summed E-state index contributed by atoms with van der Waals surface area (Å²) in [6.07, 6.45) is 8.78. The Hall–Kier alpha value is -2.96. The number of H-pyrrole nitrogens is 1. The second kappa shape index (κ2) is 6.27. The lowest BCUT2D eigenvalue weighted by molar-refractivity contribution is 0.0950. The standard InChI is InChI=1S/C17H18N6O/c24-17(13-5-7-18-16(9-13)23-8-2-6-20-23)19-11-14-10-15(22-21-14)12-3-1-4-12/h2,5-10,12H,1,3-4,11H2,(H,19,24)(H,21,22). The van der Waals surface area contributed by atoms with Gasteiger partial charge in [0.2, 0.25) is 0 Å². The summed E-state index contributed by atoms with van der Waals surface area (Å²) in [4.78, 5) is 16.6. The van der Waals surface area contributed by atoms with E-state index in [1.54, 1.807) is 35.4 Å². The van der Waals surface area contributed by atoms with E-state index in [-0.39, 0.29) is 5.91 Å². The Kier molecular flexibility index (Phi) is 3.82. The van der Waals surface area contributed by atoms with Crippen LogP contribution in [0, 0.1) is 0 Å². The largest absolute Gasteiger partial charge is 0.346 e. The highest BCUT2D eigenvalue weighted by molar-refractivity contribution is 5.94. The van der Waals surface area contributed by atoms with Gasteiger partial charge in [0.15, 0.2) is 5.82 Å². The lowest BCUT2D eigenvalue weighted by Crippen LogP contribution is -2.23. The highest BCUT2D eigenvalue weighted by Gasteiger charge is 2.22. The zero-order valence-electron chi connectivity index (χ0n) is 13.1. The van der Waals surface area contributed by atoms with Gasteiger partial charge in [-0.05, 0) is 37.1 Å². The van der Waals surface area contributed by atoms with Crippen molar-refractivity contribution in [3.05, 3.63) is 59.8 Å². The molecule has 0 aromatic carbocycles. The lowest BCUT2D eigenvalue weighted by Gasteiger charge is -2.22. The number of hydrogen-bond donors (Lipinski definition) is 2. The molecule has 122 valence electrons. The van der Waals surface area contributed by atoms with Crippen molar-refractivity contribution < 1.29 is 4.79 Å². The Morgan fingerprint density at radius 1 is 1.33 bits per heavy atom. The van der Waals surface area contributed by atoms with Crippen molar-refractivity contribution in [2.45, 2.75) is 31.7 Å². The average Bonchev–Trinajstić information content (AvgIpc) is 3.23. The van der Waals surface area contributed by atoms with E-state index in [0.29, 0.717) is 23.8 Å². The number of aromatic nitrogens is 5. The van der Waals surface area contributed by atoms with Gasteiger partial charge in [-0.2, -0.15) is 10.2 Å². The zero-order valence-corrected chi connectivity index (χ0v) is 13.1. The third kappa shape index (κ3) is 2.92. The molecule has 7 heteroatoms. The Morgan fingerprint density at radius 2 is 2.25 bits per heavy atom. The zero-order chi connectivity index (χ0) is 16.4. The first kappa shape index (κ1) is 14.6. The summed E-state index contributed by atoms with van der Waals surface area (Å²) in [6, 6.07) is 7.27. The predicted molar refractivity (Wildman–Crippen MR) is 87.7 cm³/mol. The van der Waals surface area contributed by atoms with Gasteiger partial charge in [0.1, 0.15) is 0 Å². The number of nitrogens with one attached hydrogen (secondary N) is 2. The fourth-order valence-electron chi connectivity index (χ4n) is 2.75. The number of carbonyl (C=O) groups is 1. The van der Waals surface area contributed by atoms with Crippen LogP contribution in [0.3, 0.4) is 0 Å². The van der Waals surface area contributed by atoms with Gasteiger partial charge in [-0.1, -0.05) is 6.42 Å². The molecule has 24 heavy (non-hydrogen) atoms. The molecule has 2 N–H and O–H groups in total. The average molecular weight is 322 g/mol. The summed E-state index contributed by atoms with van der Waals surface area (Å²) in [6.45, 7) is 0.429. The highest BCUT2D eigenvalue weighted by Crippen LogP contribution is 2.35. The molecule has 0 atom stereocenters. The van der Waals surface area contributed by atoms with E-state index in [4.69, 9.17) is 0 Å². The van der Waals surface area contributed by atoms with Gasteiger partial charge in [-0.15, -0.1) is 0 Å². The maximum atomic E-state index is 12.3. The van der Waals surface area contributed by atoms with Crippen LogP contribution in [0.1, 0.15) is 46.9 Å². The summed E-state index contributed by atoms with van der Waals surface area (Å²) >= 11 is 0. The Balaban J connectivity index is 1.41. The van der Waals surface area contributed by atoms with Crippen LogP contribution in [0.2, 0.25) is 0 Å². The van der Waals surface area contributed by atoms with E-state index in [0.717, 1.165) is 11.4 Å². The van der Waals surface area contributed by atoms with Crippen molar-refractivity contribution in [3.63, 3.8) is 0 Å². The van der Waals surface area contributed by atoms with Crippen LogP contribution in [-0.2, 0) is 6.54 Å². The van der Waals surface area contributed by atoms with Crippen molar-refractivity contribution in [3.8, 4) is 5.82 Å². The molecule has 1 aliphatic carbocycles. The first-order valence-electron chi connectivity index (χ1n) is 8.08. The molecule has 0 spiro atoms. The molecule has 3 heterocycles. The second-order valence-electron chi connectivity index (χ2n) is 5.98. The molecule has 0 bridgehead atoms. The normalized spacial score (nSPS) is 14.3. The number of rotatable bonds is 5. The van der Waals surface area contributed by atoms with Gasteiger partial charge in [0.05, 0.1) is 17.9 Å². The van der Waals surface area contributed by atoms with Crippen LogP contribution < -0.4 is 5.32 Å². The SMILES string of the molecule is O=C(NCc1cc(C2CCC2)n[nH]1)c1ccnc(-n2cccn2)c1. The van der Waals surface area contributed by atoms with Crippen molar-refractivity contribution in [2.75, 3.05) is 0 Å². The first-order valence-corrected chi connectivity index (χ1v) is 8.08. The van der Waals surface area contributed by atoms with Crippen molar-refractivity contribution in [2.24, 2.45) is 0 Å². The smallest absolute Gasteiger partial charge is 0.251 e. The molecule has 0 aliphatic heterocycles.